The SMILES string of the molecule is COC1(NC(=O)C(OC(F)(F)F)=C(O)c2ccccc2)C=CC2=C3C1O[C@H]1CCC[C@H]4[C@@H](C2)[N+](C)(CC2CC2)CC[C@]314. The average Bonchev–Trinajstić information content (AvgIpc) is 3.71. The number of ether oxygens (including phenoxy) is 3. The van der Waals surface area contributed by atoms with E-state index in [0.717, 1.165) is 54.6 Å². The van der Waals surface area contributed by atoms with Crippen LogP contribution in [0.1, 0.15) is 50.5 Å². The zero-order valence-corrected chi connectivity index (χ0v) is 24.0. The molecule has 2 bridgehead atoms. The number of hydrogen-bond donors (Lipinski definition) is 2. The number of halogens is 3. The van der Waals surface area contributed by atoms with Crippen molar-refractivity contribution in [2.24, 2.45) is 17.3 Å². The van der Waals surface area contributed by atoms with Gasteiger partial charge in [-0.3, -0.25) is 4.79 Å². The highest BCUT2D eigenvalue weighted by molar-refractivity contribution is 5.98. The lowest BCUT2D eigenvalue weighted by Gasteiger charge is -2.62. The van der Waals surface area contributed by atoms with Crippen LogP contribution in [0.25, 0.3) is 5.76 Å². The first-order valence-corrected chi connectivity index (χ1v) is 15.0. The molecule has 1 aromatic rings. The van der Waals surface area contributed by atoms with Crippen LogP contribution in [0.2, 0.25) is 0 Å². The number of rotatable bonds is 7. The lowest BCUT2D eigenvalue weighted by Crippen LogP contribution is -2.69. The van der Waals surface area contributed by atoms with Gasteiger partial charge in [-0.25, -0.2) is 0 Å². The van der Waals surface area contributed by atoms with Crippen molar-refractivity contribution in [1.82, 2.24) is 5.32 Å². The molecule has 0 radical (unpaired) electrons. The Kier molecular flexibility index (Phi) is 6.39. The maximum Gasteiger partial charge on any atom is 0.573 e. The summed E-state index contributed by atoms with van der Waals surface area (Å²) in [5.74, 6) is -2.16. The van der Waals surface area contributed by atoms with Gasteiger partial charge in [0.15, 0.2) is 11.5 Å². The van der Waals surface area contributed by atoms with Crippen molar-refractivity contribution < 1.29 is 41.8 Å². The Morgan fingerprint density at radius 2 is 1.95 bits per heavy atom. The van der Waals surface area contributed by atoms with Gasteiger partial charge in [-0.2, -0.15) is 0 Å². The Hall–Kier alpha value is -2.82. The first kappa shape index (κ1) is 28.0. The number of quaternary nitrogens is 1. The fraction of sp³-hybridized carbons (Fsp3) is 0.594. The molecule has 3 unspecified atom stereocenters. The van der Waals surface area contributed by atoms with E-state index in [1.165, 1.54) is 44.2 Å². The van der Waals surface area contributed by atoms with Crippen molar-refractivity contribution in [3.05, 3.63) is 65.0 Å². The third-order valence-corrected chi connectivity index (χ3v) is 11.0. The third-order valence-electron chi connectivity index (χ3n) is 11.0. The standard InChI is InChI=1S/C32H37F3N2O5/c1-37(18-19-11-12-19)16-15-30-22-9-6-10-24(30)41-28-25(30)21(17-23(22)37)13-14-31(28,40-2)36-29(39)27(42-32(33,34)35)26(38)20-7-4-3-5-8-20/h3-5,7-8,13-14,19,22-24,28H,6,9-12,15-18H2,1-2H3,(H-,36,38,39)/p+1/t22-,23+,24-,28?,30+,31?,37?/m0/s1. The summed E-state index contributed by atoms with van der Waals surface area (Å²) in [7, 11) is 3.84. The molecule has 2 saturated carbocycles. The highest BCUT2D eigenvalue weighted by Crippen LogP contribution is 2.67. The number of nitrogens with zero attached hydrogens (tertiary/aromatic N) is 1. The second kappa shape index (κ2) is 9.59. The lowest BCUT2D eigenvalue weighted by molar-refractivity contribution is -0.947. The number of amides is 1. The highest BCUT2D eigenvalue weighted by Gasteiger charge is 2.71. The second-order valence-corrected chi connectivity index (χ2v) is 13.2. The molecular formula is C32H38F3N2O5+. The summed E-state index contributed by atoms with van der Waals surface area (Å²) < 4.78 is 58.4. The van der Waals surface area contributed by atoms with E-state index >= 15 is 0 Å². The molecule has 4 fully saturated rings. The topological polar surface area (TPSA) is 77.0 Å². The van der Waals surface area contributed by atoms with Crippen LogP contribution >= 0.6 is 0 Å². The first-order chi connectivity index (χ1) is 20.0. The summed E-state index contributed by atoms with van der Waals surface area (Å²) in [6, 6.07) is 8.02. The molecule has 42 heavy (non-hydrogen) atoms. The van der Waals surface area contributed by atoms with E-state index in [2.05, 4.69) is 17.1 Å². The zero-order valence-electron chi connectivity index (χ0n) is 24.0. The smallest absolute Gasteiger partial charge is 0.504 e. The number of alkyl halides is 3. The number of carbonyl (C=O) groups excluding carboxylic acids is 1. The van der Waals surface area contributed by atoms with Gasteiger partial charge in [-0.05, 0) is 42.9 Å². The Morgan fingerprint density at radius 1 is 1.19 bits per heavy atom. The van der Waals surface area contributed by atoms with E-state index in [-0.39, 0.29) is 17.1 Å². The number of likely N-dealkylation sites (tertiary alicyclic amines) is 1. The summed E-state index contributed by atoms with van der Waals surface area (Å²) in [6.45, 7) is 2.28. The van der Waals surface area contributed by atoms with Crippen molar-refractivity contribution in [3.63, 3.8) is 0 Å². The van der Waals surface area contributed by atoms with Crippen LogP contribution in [0.15, 0.2) is 59.4 Å². The largest absolute Gasteiger partial charge is 0.573 e. The van der Waals surface area contributed by atoms with Gasteiger partial charge in [0.25, 0.3) is 5.91 Å². The van der Waals surface area contributed by atoms with E-state index in [4.69, 9.17) is 9.47 Å². The molecule has 1 aromatic carbocycles. The van der Waals surface area contributed by atoms with Crippen LogP contribution in [0.3, 0.4) is 0 Å². The Labute approximate surface area is 243 Å². The van der Waals surface area contributed by atoms with Gasteiger partial charge in [0, 0.05) is 42.8 Å². The summed E-state index contributed by atoms with van der Waals surface area (Å²) in [6.07, 6.45) is 5.37. The lowest BCUT2D eigenvalue weighted by atomic mass is 9.50. The molecule has 2 saturated heterocycles. The van der Waals surface area contributed by atoms with Crippen LogP contribution in [-0.4, -0.2) is 73.1 Å². The fourth-order valence-corrected chi connectivity index (χ4v) is 9.05. The molecule has 10 heteroatoms. The highest BCUT2D eigenvalue weighted by atomic mass is 19.4. The van der Waals surface area contributed by atoms with Crippen molar-refractivity contribution in [3.8, 4) is 0 Å². The molecule has 7 atom stereocenters. The van der Waals surface area contributed by atoms with Crippen molar-refractivity contribution in [2.75, 3.05) is 27.2 Å². The van der Waals surface area contributed by atoms with Gasteiger partial charge in [-0.1, -0.05) is 42.8 Å². The van der Waals surface area contributed by atoms with Gasteiger partial charge < -0.3 is 29.1 Å². The van der Waals surface area contributed by atoms with Crippen molar-refractivity contribution >= 4 is 11.7 Å². The van der Waals surface area contributed by atoms with Gasteiger partial charge >= 0.3 is 6.36 Å². The van der Waals surface area contributed by atoms with Crippen LogP contribution < -0.4 is 5.32 Å². The monoisotopic (exact) mass is 587 g/mol. The number of allylic oxidation sites excluding steroid dienone is 1. The number of aliphatic hydroxyl groups excluding tert-OH is 1. The predicted octanol–water partition coefficient (Wildman–Crippen LogP) is 5.36. The average molecular weight is 588 g/mol. The van der Waals surface area contributed by atoms with E-state index in [9.17, 15) is 23.1 Å². The van der Waals surface area contributed by atoms with Gasteiger partial charge in [-0.15, -0.1) is 13.2 Å². The van der Waals surface area contributed by atoms with Crippen molar-refractivity contribution in [2.45, 2.75) is 75.3 Å². The van der Waals surface area contributed by atoms with E-state index in [0.29, 0.717) is 12.0 Å². The normalized spacial score (nSPS) is 39.0. The minimum absolute atomic E-state index is 0.0142. The number of carbonyl (C=O) groups is 1. The van der Waals surface area contributed by atoms with E-state index < -0.39 is 35.6 Å². The molecular weight excluding hydrogens is 549 g/mol. The Balaban J connectivity index is 1.25. The van der Waals surface area contributed by atoms with Crippen LogP contribution in [0.4, 0.5) is 13.2 Å². The molecule has 2 aliphatic heterocycles. The van der Waals surface area contributed by atoms with Crippen LogP contribution in [-0.2, 0) is 19.0 Å². The zero-order chi connectivity index (χ0) is 29.5. The van der Waals surface area contributed by atoms with E-state index in [1.54, 1.807) is 24.3 Å². The van der Waals surface area contributed by atoms with Gasteiger partial charge in [0.1, 0.15) is 6.10 Å². The molecule has 1 spiro atoms. The predicted molar refractivity (Wildman–Crippen MR) is 147 cm³/mol. The van der Waals surface area contributed by atoms with E-state index in [1.807, 2.05) is 6.08 Å². The Bertz CT molecular complexity index is 1370. The summed E-state index contributed by atoms with van der Waals surface area (Å²) in [5.41, 5.74) is 0.627. The number of methoxy groups -OCH3 is 1. The maximum absolute atomic E-state index is 13.6. The van der Waals surface area contributed by atoms with Crippen LogP contribution in [0.5, 0.6) is 0 Å². The number of hydrogen-bond acceptors (Lipinski definition) is 5. The first-order valence-electron chi connectivity index (χ1n) is 15.0. The Morgan fingerprint density at radius 3 is 2.64 bits per heavy atom. The third kappa shape index (κ3) is 4.24. The quantitative estimate of drug-likeness (QED) is 0.194. The number of benzene rings is 1. The number of nitrogens with one attached hydrogen (secondary N) is 1. The molecule has 7 nitrogen and oxygen atoms in total. The molecule has 1 amide bonds. The number of piperidine rings is 1. The summed E-state index contributed by atoms with van der Waals surface area (Å²) in [5, 5.41) is 13.4. The fourth-order valence-electron chi connectivity index (χ4n) is 9.05. The number of aliphatic hydroxyl groups is 1. The molecule has 7 rings (SSSR count). The minimum Gasteiger partial charge on any atom is -0.504 e. The molecule has 226 valence electrons. The minimum atomic E-state index is -5.20. The molecule has 4 aliphatic carbocycles. The van der Waals surface area contributed by atoms with Gasteiger partial charge in [0.05, 0.1) is 32.3 Å². The van der Waals surface area contributed by atoms with Crippen molar-refractivity contribution in [1.29, 1.82) is 0 Å². The second-order valence-electron chi connectivity index (χ2n) is 13.2. The maximum atomic E-state index is 13.6. The molecule has 0 aromatic heterocycles. The molecule has 2 N–H and O–H groups in total. The van der Waals surface area contributed by atoms with Crippen LogP contribution in [0, 0.1) is 17.3 Å². The van der Waals surface area contributed by atoms with Gasteiger partial charge in [0.2, 0.25) is 5.76 Å². The summed E-state index contributed by atoms with van der Waals surface area (Å²) >= 11 is 0. The molecule has 2 heterocycles. The summed E-state index contributed by atoms with van der Waals surface area (Å²) in [4.78, 5) is 13.6. The molecule has 6 aliphatic rings.